The molecule has 0 bridgehead atoms. The van der Waals surface area contributed by atoms with Gasteiger partial charge < -0.3 is 24.6 Å². The Bertz CT molecular complexity index is 448. The Kier molecular flexibility index (Phi) is 10.6. The summed E-state index contributed by atoms with van der Waals surface area (Å²) < 4.78 is 15.6. The van der Waals surface area contributed by atoms with Crippen molar-refractivity contribution in [3.8, 4) is 0 Å². The fourth-order valence-corrected chi connectivity index (χ4v) is 3.17. The van der Waals surface area contributed by atoms with Crippen molar-refractivity contribution in [1.82, 2.24) is 10.6 Å². The lowest BCUT2D eigenvalue weighted by Crippen LogP contribution is -2.51. The fourth-order valence-electron chi connectivity index (χ4n) is 2.23. The van der Waals surface area contributed by atoms with Crippen molar-refractivity contribution in [2.45, 2.75) is 37.8 Å². The molecular formula is C16H28N2O6S. The highest BCUT2D eigenvalue weighted by atomic mass is 32.2. The first-order chi connectivity index (χ1) is 12.1. The molecule has 0 aromatic carbocycles. The molecule has 1 aliphatic heterocycles. The van der Waals surface area contributed by atoms with Crippen molar-refractivity contribution in [2.24, 2.45) is 0 Å². The molecule has 0 aromatic heterocycles. The third kappa shape index (κ3) is 7.23. The molecule has 25 heavy (non-hydrogen) atoms. The maximum atomic E-state index is 12.3. The number of carbonyl (C=O) groups excluding carboxylic acids is 1. The lowest BCUT2D eigenvalue weighted by molar-refractivity contribution is -0.190. The van der Waals surface area contributed by atoms with Gasteiger partial charge in [-0.2, -0.15) is 0 Å². The largest absolute Gasteiger partial charge is 0.479 e. The molecule has 0 amide bonds. The fraction of sp³-hybridized carbons (Fsp3) is 0.750. The van der Waals surface area contributed by atoms with Gasteiger partial charge in [0.2, 0.25) is 0 Å². The molecule has 3 N–H and O–H groups in total. The minimum Gasteiger partial charge on any atom is -0.479 e. The average Bonchev–Trinajstić information content (AvgIpc) is 2.61. The van der Waals surface area contributed by atoms with Gasteiger partial charge in [0.25, 0.3) is 5.60 Å². The van der Waals surface area contributed by atoms with Crippen LogP contribution in [0.4, 0.5) is 0 Å². The van der Waals surface area contributed by atoms with E-state index < -0.39 is 17.5 Å². The molecule has 0 fully saturated rings. The number of thioether (sulfide) groups is 1. The summed E-state index contributed by atoms with van der Waals surface area (Å²) in [5, 5.41) is 16.0. The van der Waals surface area contributed by atoms with E-state index in [1.165, 1.54) is 0 Å². The highest BCUT2D eigenvalue weighted by molar-refractivity contribution is 7.99. The average molecular weight is 376 g/mol. The SMILES string of the molecule is CCOCCOC(CCCSC1NC=CCN1)(C(=O)O)C(=O)OCC. The predicted octanol–water partition coefficient (Wildman–Crippen LogP) is 0.930. The minimum atomic E-state index is -1.99. The van der Waals surface area contributed by atoms with Gasteiger partial charge in [0.15, 0.2) is 0 Å². The number of ether oxygens (including phenoxy) is 3. The number of nitrogens with one attached hydrogen (secondary N) is 2. The summed E-state index contributed by atoms with van der Waals surface area (Å²) in [4.78, 5) is 24.0. The van der Waals surface area contributed by atoms with E-state index in [2.05, 4.69) is 10.6 Å². The number of carboxylic acids is 1. The Morgan fingerprint density at radius 1 is 1.32 bits per heavy atom. The number of hydrogen-bond acceptors (Lipinski definition) is 8. The van der Waals surface area contributed by atoms with Crippen LogP contribution in [0.2, 0.25) is 0 Å². The molecule has 2 unspecified atom stereocenters. The van der Waals surface area contributed by atoms with Crippen LogP contribution in [0.15, 0.2) is 12.3 Å². The highest BCUT2D eigenvalue weighted by Crippen LogP contribution is 2.23. The number of hydrogen-bond donors (Lipinski definition) is 3. The van der Waals surface area contributed by atoms with Crippen molar-refractivity contribution in [2.75, 3.05) is 38.7 Å². The smallest absolute Gasteiger partial charge is 0.350 e. The van der Waals surface area contributed by atoms with Gasteiger partial charge in [-0.1, -0.05) is 6.08 Å². The Morgan fingerprint density at radius 2 is 2.12 bits per heavy atom. The molecule has 1 rings (SSSR count). The summed E-state index contributed by atoms with van der Waals surface area (Å²) in [5.41, 5.74) is -1.91. The first kappa shape index (κ1) is 21.8. The molecule has 144 valence electrons. The summed E-state index contributed by atoms with van der Waals surface area (Å²) in [6, 6.07) is 0. The van der Waals surface area contributed by atoms with Crippen molar-refractivity contribution in [1.29, 1.82) is 0 Å². The van der Waals surface area contributed by atoms with Gasteiger partial charge in [-0.3, -0.25) is 5.32 Å². The Labute approximate surface area is 152 Å². The third-order valence-electron chi connectivity index (χ3n) is 3.48. The predicted molar refractivity (Wildman–Crippen MR) is 95.2 cm³/mol. The molecule has 0 aliphatic carbocycles. The molecule has 0 saturated heterocycles. The van der Waals surface area contributed by atoms with E-state index in [0.29, 0.717) is 18.8 Å². The van der Waals surface area contributed by atoms with Crippen LogP contribution in [-0.2, 0) is 23.8 Å². The van der Waals surface area contributed by atoms with Gasteiger partial charge in [0.05, 0.1) is 19.8 Å². The maximum Gasteiger partial charge on any atom is 0.350 e. The number of aliphatic carboxylic acids is 1. The van der Waals surface area contributed by atoms with Crippen LogP contribution in [-0.4, -0.2) is 66.9 Å². The number of carboxylic acid groups (broad SMARTS) is 1. The molecular weight excluding hydrogens is 348 g/mol. The molecule has 0 spiro atoms. The van der Waals surface area contributed by atoms with E-state index in [1.807, 2.05) is 19.2 Å². The van der Waals surface area contributed by atoms with Gasteiger partial charge in [0, 0.05) is 13.2 Å². The number of esters is 1. The van der Waals surface area contributed by atoms with Crippen LogP contribution in [0.5, 0.6) is 0 Å². The second-order valence-electron chi connectivity index (χ2n) is 5.23. The first-order valence-electron chi connectivity index (χ1n) is 8.45. The quantitative estimate of drug-likeness (QED) is 0.246. The summed E-state index contributed by atoms with van der Waals surface area (Å²) in [7, 11) is 0. The Morgan fingerprint density at radius 3 is 2.72 bits per heavy atom. The van der Waals surface area contributed by atoms with Gasteiger partial charge in [-0.15, -0.1) is 11.8 Å². The Hall–Kier alpha value is -1.29. The van der Waals surface area contributed by atoms with Gasteiger partial charge >= 0.3 is 11.9 Å². The van der Waals surface area contributed by atoms with Crippen molar-refractivity contribution in [3.05, 3.63) is 12.3 Å². The molecule has 0 aromatic rings. The van der Waals surface area contributed by atoms with Crippen molar-refractivity contribution < 1.29 is 28.9 Å². The lowest BCUT2D eigenvalue weighted by Gasteiger charge is -2.28. The van der Waals surface area contributed by atoms with Crippen molar-refractivity contribution >= 4 is 23.7 Å². The van der Waals surface area contributed by atoms with Crippen LogP contribution in [0, 0.1) is 0 Å². The van der Waals surface area contributed by atoms with Gasteiger partial charge in [-0.25, -0.2) is 9.59 Å². The zero-order valence-corrected chi connectivity index (χ0v) is 15.6. The van der Waals surface area contributed by atoms with E-state index in [1.54, 1.807) is 18.7 Å². The van der Waals surface area contributed by atoms with E-state index in [4.69, 9.17) is 14.2 Å². The zero-order valence-electron chi connectivity index (χ0n) is 14.8. The molecule has 1 aliphatic rings. The summed E-state index contributed by atoms with van der Waals surface area (Å²) in [5.74, 6) is -1.52. The molecule has 0 radical (unpaired) electrons. The van der Waals surface area contributed by atoms with Gasteiger partial charge in [-0.05, 0) is 38.6 Å². The van der Waals surface area contributed by atoms with E-state index >= 15 is 0 Å². The summed E-state index contributed by atoms with van der Waals surface area (Å²) in [6.45, 7) is 5.08. The minimum absolute atomic E-state index is 0.0165. The van der Waals surface area contributed by atoms with Crippen LogP contribution >= 0.6 is 11.8 Å². The topological polar surface area (TPSA) is 106 Å². The van der Waals surface area contributed by atoms with E-state index in [0.717, 1.165) is 6.54 Å². The van der Waals surface area contributed by atoms with Crippen LogP contribution < -0.4 is 10.6 Å². The zero-order chi connectivity index (χ0) is 18.5. The third-order valence-corrected chi connectivity index (χ3v) is 4.64. The lowest BCUT2D eigenvalue weighted by atomic mass is 9.98. The number of rotatable bonds is 13. The van der Waals surface area contributed by atoms with Crippen LogP contribution in [0.3, 0.4) is 0 Å². The normalized spacial score (nSPS) is 19.0. The highest BCUT2D eigenvalue weighted by Gasteiger charge is 2.48. The summed E-state index contributed by atoms with van der Waals surface area (Å²) >= 11 is 1.61. The molecule has 8 nitrogen and oxygen atoms in total. The van der Waals surface area contributed by atoms with E-state index in [9.17, 15) is 14.7 Å². The van der Waals surface area contributed by atoms with Crippen LogP contribution in [0.1, 0.15) is 26.7 Å². The Balaban J connectivity index is 2.59. The molecule has 1 heterocycles. The molecule has 0 saturated carbocycles. The van der Waals surface area contributed by atoms with Crippen LogP contribution in [0.25, 0.3) is 0 Å². The standard InChI is InChI=1S/C16H28N2O6S/c1-3-22-10-11-24-16(13(19)20,14(21)23-4-2)7-5-12-25-15-17-8-6-9-18-15/h6,8,15,17-18H,3-5,7,9-12H2,1-2H3,(H,19,20). The van der Waals surface area contributed by atoms with E-state index in [-0.39, 0.29) is 31.7 Å². The number of carbonyl (C=O) groups is 2. The van der Waals surface area contributed by atoms with Gasteiger partial charge in [0.1, 0.15) is 5.50 Å². The summed E-state index contributed by atoms with van der Waals surface area (Å²) in [6.07, 6.45) is 4.39. The first-order valence-corrected chi connectivity index (χ1v) is 9.50. The second kappa shape index (κ2) is 12.1. The van der Waals surface area contributed by atoms with Crippen molar-refractivity contribution in [3.63, 3.8) is 0 Å². The second-order valence-corrected chi connectivity index (χ2v) is 6.44. The monoisotopic (exact) mass is 376 g/mol. The molecule has 9 heteroatoms. The maximum absolute atomic E-state index is 12.3. The molecule has 2 atom stereocenters.